The zero-order valence-electron chi connectivity index (χ0n) is 14.3. The minimum atomic E-state index is -0.500. The number of halogens is 2. The highest BCUT2D eigenvalue weighted by atomic mass is 35.5. The number of hydrogen-bond acceptors (Lipinski definition) is 3. The van der Waals surface area contributed by atoms with Gasteiger partial charge in [0.05, 0.1) is 11.1 Å². The standard InChI is InChI=1S/C18H24ClFN2O2/c1-21(2)16-7-12-9-22(10-13(12)8-17(16)24-3)18(23)11-4-5-15(20)14(19)6-11/h4-6,12-13,16-17H,7-10H2,1-3H3/t12-,13+,16-,17-/m1/s1. The number of methoxy groups -OCH3 is 1. The molecule has 1 aromatic rings. The van der Waals surface area contributed by atoms with Gasteiger partial charge < -0.3 is 14.5 Å². The largest absolute Gasteiger partial charge is 0.380 e. The van der Waals surface area contributed by atoms with E-state index in [9.17, 15) is 9.18 Å². The molecule has 1 amide bonds. The normalized spacial score (nSPS) is 29.8. The molecule has 0 N–H and O–H groups in total. The number of carbonyl (C=O) groups is 1. The molecule has 0 unspecified atom stereocenters. The maximum atomic E-state index is 13.3. The Labute approximate surface area is 147 Å². The molecule has 1 heterocycles. The summed E-state index contributed by atoms with van der Waals surface area (Å²) in [4.78, 5) is 16.8. The van der Waals surface area contributed by atoms with Crippen LogP contribution in [0.1, 0.15) is 23.2 Å². The van der Waals surface area contributed by atoms with E-state index in [4.69, 9.17) is 16.3 Å². The van der Waals surface area contributed by atoms with Gasteiger partial charge in [-0.2, -0.15) is 0 Å². The van der Waals surface area contributed by atoms with E-state index in [-0.39, 0.29) is 17.0 Å². The second-order valence-electron chi connectivity index (χ2n) is 7.14. The molecule has 2 fully saturated rings. The average Bonchev–Trinajstić information content (AvgIpc) is 2.98. The first-order valence-electron chi connectivity index (χ1n) is 8.34. The van der Waals surface area contributed by atoms with Crippen LogP contribution in [0.4, 0.5) is 4.39 Å². The maximum Gasteiger partial charge on any atom is 0.253 e. The van der Waals surface area contributed by atoms with Crippen LogP contribution in [0, 0.1) is 17.7 Å². The van der Waals surface area contributed by atoms with Crippen LogP contribution in [0.25, 0.3) is 0 Å². The van der Waals surface area contributed by atoms with Crippen LogP contribution in [0.15, 0.2) is 18.2 Å². The third kappa shape index (κ3) is 3.30. The van der Waals surface area contributed by atoms with Crippen LogP contribution in [0.3, 0.4) is 0 Å². The number of carbonyl (C=O) groups excluding carboxylic acids is 1. The van der Waals surface area contributed by atoms with Crippen molar-refractivity contribution in [2.75, 3.05) is 34.3 Å². The number of rotatable bonds is 3. The molecule has 6 heteroatoms. The number of benzene rings is 1. The van der Waals surface area contributed by atoms with Crippen molar-refractivity contribution in [3.63, 3.8) is 0 Å². The van der Waals surface area contributed by atoms with Crippen molar-refractivity contribution < 1.29 is 13.9 Å². The van der Waals surface area contributed by atoms with Gasteiger partial charge in [-0.05, 0) is 57.0 Å². The molecule has 0 radical (unpaired) electrons. The summed E-state index contributed by atoms with van der Waals surface area (Å²) in [6.07, 6.45) is 2.21. The summed E-state index contributed by atoms with van der Waals surface area (Å²) < 4.78 is 19.0. The third-order valence-corrected chi connectivity index (χ3v) is 5.79. The smallest absolute Gasteiger partial charge is 0.253 e. The molecule has 3 rings (SSSR count). The van der Waals surface area contributed by atoms with E-state index in [2.05, 4.69) is 19.0 Å². The summed E-state index contributed by atoms with van der Waals surface area (Å²) in [5.74, 6) is 0.386. The molecule has 1 aliphatic carbocycles. The van der Waals surface area contributed by atoms with Crippen molar-refractivity contribution in [2.45, 2.75) is 25.0 Å². The minimum absolute atomic E-state index is 0.00965. The van der Waals surface area contributed by atoms with Crippen molar-refractivity contribution in [2.24, 2.45) is 11.8 Å². The van der Waals surface area contributed by atoms with Gasteiger partial charge >= 0.3 is 0 Å². The van der Waals surface area contributed by atoms with Crippen molar-refractivity contribution >= 4 is 17.5 Å². The van der Waals surface area contributed by atoms with Crippen LogP contribution in [-0.2, 0) is 4.74 Å². The van der Waals surface area contributed by atoms with Gasteiger partial charge in [-0.25, -0.2) is 4.39 Å². The summed E-state index contributed by atoms with van der Waals surface area (Å²) in [5.41, 5.74) is 0.451. The number of likely N-dealkylation sites (N-methyl/N-ethyl adjacent to an activating group) is 1. The summed E-state index contributed by atoms with van der Waals surface area (Å²) in [6, 6.07) is 4.56. The molecule has 4 atom stereocenters. The lowest BCUT2D eigenvalue weighted by Gasteiger charge is -2.40. The molecule has 0 bridgehead atoms. The number of ether oxygens (including phenoxy) is 1. The zero-order chi connectivity index (χ0) is 17.4. The Morgan fingerprint density at radius 2 is 1.96 bits per heavy atom. The first-order chi connectivity index (χ1) is 11.4. The van der Waals surface area contributed by atoms with E-state index in [0.29, 0.717) is 23.4 Å². The van der Waals surface area contributed by atoms with Gasteiger partial charge in [0.2, 0.25) is 0 Å². The molecule has 132 valence electrons. The van der Waals surface area contributed by atoms with Crippen LogP contribution in [0.2, 0.25) is 5.02 Å². The fourth-order valence-electron chi connectivity index (χ4n) is 4.16. The van der Waals surface area contributed by atoms with Crippen molar-refractivity contribution in [3.8, 4) is 0 Å². The van der Waals surface area contributed by atoms with Crippen LogP contribution < -0.4 is 0 Å². The first-order valence-corrected chi connectivity index (χ1v) is 8.72. The van der Waals surface area contributed by atoms with Gasteiger partial charge in [0, 0.05) is 31.8 Å². The third-order valence-electron chi connectivity index (χ3n) is 5.50. The summed E-state index contributed by atoms with van der Waals surface area (Å²) in [6.45, 7) is 1.48. The van der Waals surface area contributed by atoms with Crippen molar-refractivity contribution in [1.29, 1.82) is 0 Å². The zero-order valence-corrected chi connectivity index (χ0v) is 15.1. The second-order valence-corrected chi connectivity index (χ2v) is 7.54. The lowest BCUT2D eigenvalue weighted by atomic mass is 9.77. The van der Waals surface area contributed by atoms with E-state index in [0.717, 1.165) is 25.9 Å². The Morgan fingerprint density at radius 3 is 2.54 bits per heavy atom. The highest BCUT2D eigenvalue weighted by Gasteiger charge is 2.44. The Kier molecular flexibility index (Phi) is 5.13. The Morgan fingerprint density at radius 1 is 1.29 bits per heavy atom. The fraction of sp³-hybridized carbons (Fsp3) is 0.611. The molecule has 0 aromatic heterocycles. The topological polar surface area (TPSA) is 32.8 Å². The molecular weight excluding hydrogens is 331 g/mol. The number of hydrogen-bond donors (Lipinski definition) is 0. The lowest BCUT2D eigenvalue weighted by molar-refractivity contribution is -0.0209. The number of likely N-dealkylation sites (tertiary alicyclic amines) is 1. The van der Waals surface area contributed by atoms with Gasteiger partial charge in [0.1, 0.15) is 5.82 Å². The Bertz CT molecular complexity index is 625. The predicted octanol–water partition coefficient (Wildman–Crippen LogP) is 2.91. The van der Waals surface area contributed by atoms with Gasteiger partial charge in [-0.1, -0.05) is 11.6 Å². The Balaban J connectivity index is 1.72. The van der Waals surface area contributed by atoms with Crippen molar-refractivity contribution in [1.82, 2.24) is 9.80 Å². The molecule has 1 saturated heterocycles. The molecular formula is C18H24ClFN2O2. The maximum absolute atomic E-state index is 13.3. The highest BCUT2D eigenvalue weighted by Crippen LogP contribution is 2.39. The molecule has 1 aliphatic heterocycles. The minimum Gasteiger partial charge on any atom is -0.380 e. The van der Waals surface area contributed by atoms with E-state index in [1.54, 1.807) is 7.11 Å². The molecule has 24 heavy (non-hydrogen) atoms. The number of amides is 1. The number of fused-ring (bicyclic) bond motifs is 1. The quantitative estimate of drug-likeness (QED) is 0.836. The summed E-state index contributed by atoms with van der Waals surface area (Å²) in [5, 5.41) is -0.00965. The van der Waals surface area contributed by atoms with Crippen LogP contribution in [0.5, 0.6) is 0 Å². The monoisotopic (exact) mass is 354 g/mol. The van der Waals surface area contributed by atoms with E-state index >= 15 is 0 Å². The van der Waals surface area contributed by atoms with Crippen LogP contribution >= 0.6 is 11.6 Å². The summed E-state index contributed by atoms with van der Waals surface area (Å²) >= 11 is 5.81. The molecule has 1 aromatic carbocycles. The lowest BCUT2D eigenvalue weighted by Crippen LogP contribution is -2.47. The predicted molar refractivity (Wildman–Crippen MR) is 91.8 cm³/mol. The molecule has 0 spiro atoms. The van der Waals surface area contributed by atoms with E-state index in [1.807, 2.05) is 4.90 Å². The van der Waals surface area contributed by atoms with Gasteiger partial charge in [-0.3, -0.25) is 4.79 Å². The molecule has 1 saturated carbocycles. The fourth-order valence-corrected chi connectivity index (χ4v) is 4.35. The van der Waals surface area contributed by atoms with Gasteiger partial charge in [0.25, 0.3) is 5.91 Å². The van der Waals surface area contributed by atoms with Crippen LogP contribution in [-0.4, -0.2) is 62.1 Å². The molecule has 4 nitrogen and oxygen atoms in total. The van der Waals surface area contributed by atoms with Crippen molar-refractivity contribution in [3.05, 3.63) is 34.6 Å². The van der Waals surface area contributed by atoms with Gasteiger partial charge in [-0.15, -0.1) is 0 Å². The van der Waals surface area contributed by atoms with Gasteiger partial charge in [0.15, 0.2) is 0 Å². The highest BCUT2D eigenvalue weighted by molar-refractivity contribution is 6.31. The Hall–Kier alpha value is -1.17. The molecule has 2 aliphatic rings. The summed E-state index contributed by atoms with van der Waals surface area (Å²) in [7, 11) is 5.92. The SMILES string of the molecule is CO[C@@H]1C[C@H]2CN(C(=O)c3ccc(F)c(Cl)c3)C[C@H]2C[C@H]1N(C)C. The van der Waals surface area contributed by atoms with E-state index in [1.165, 1.54) is 18.2 Å². The average molecular weight is 355 g/mol. The first kappa shape index (κ1) is 17.6. The second kappa shape index (κ2) is 6.98. The van der Waals surface area contributed by atoms with E-state index < -0.39 is 5.82 Å². The number of nitrogens with zero attached hydrogens (tertiary/aromatic N) is 2.